The minimum absolute atomic E-state index is 0.0686. The molecule has 0 aromatic carbocycles. The van der Waals surface area contributed by atoms with E-state index < -0.39 is 0 Å². The number of amides is 2. The van der Waals surface area contributed by atoms with Gasteiger partial charge in [0.25, 0.3) is 0 Å². The summed E-state index contributed by atoms with van der Waals surface area (Å²) in [7, 11) is 1.49. The van der Waals surface area contributed by atoms with Crippen LogP contribution in [0.1, 0.15) is 6.42 Å². The third kappa shape index (κ3) is 3.65. The zero-order valence-corrected chi connectivity index (χ0v) is 10.5. The van der Waals surface area contributed by atoms with Crippen molar-refractivity contribution in [3.05, 3.63) is 24.5 Å². The fourth-order valence-electron chi connectivity index (χ4n) is 1.86. The van der Waals surface area contributed by atoms with Gasteiger partial charge in [0.05, 0.1) is 7.11 Å². The van der Waals surface area contributed by atoms with Crippen molar-refractivity contribution in [3.63, 3.8) is 0 Å². The van der Waals surface area contributed by atoms with Gasteiger partial charge in [0.15, 0.2) is 0 Å². The monoisotopic (exact) mass is 264 g/mol. The predicted molar refractivity (Wildman–Crippen MR) is 68.9 cm³/mol. The third-order valence-electron chi connectivity index (χ3n) is 2.82. The number of ether oxygens (including phenoxy) is 1. The van der Waals surface area contributed by atoms with Crippen molar-refractivity contribution in [2.75, 3.05) is 19.0 Å². The molecule has 0 fully saturated rings. The topological polar surface area (TPSA) is 96.4 Å². The average molecular weight is 264 g/mol. The zero-order chi connectivity index (χ0) is 13.7. The lowest BCUT2D eigenvalue weighted by Crippen LogP contribution is -2.36. The van der Waals surface area contributed by atoms with Gasteiger partial charge in [0, 0.05) is 24.6 Å². The molecule has 3 N–H and O–H groups in total. The average Bonchev–Trinajstić information content (AvgIpc) is 2.86. The molecule has 0 radical (unpaired) electrons. The van der Waals surface area contributed by atoms with Crippen LogP contribution >= 0.6 is 0 Å². The number of aliphatic hydroxyl groups excluding tert-OH is 1. The number of methoxy groups -OCH3 is 1. The lowest BCUT2D eigenvalue weighted by Gasteiger charge is -2.13. The number of nitrogens with one attached hydrogen (secondary N) is 2. The number of hydrogen-bond donors (Lipinski definition) is 3. The van der Waals surface area contributed by atoms with Crippen LogP contribution < -0.4 is 15.4 Å². The van der Waals surface area contributed by atoms with E-state index in [2.05, 4.69) is 20.6 Å². The van der Waals surface area contributed by atoms with Gasteiger partial charge in [-0.2, -0.15) is 0 Å². The Morgan fingerprint density at radius 3 is 3.05 bits per heavy atom. The number of urea groups is 1. The summed E-state index contributed by atoms with van der Waals surface area (Å²) in [5.41, 5.74) is 0. The van der Waals surface area contributed by atoms with Gasteiger partial charge >= 0.3 is 6.03 Å². The fourth-order valence-corrected chi connectivity index (χ4v) is 1.86. The van der Waals surface area contributed by atoms with Crippen molar-refractivity contribution in [2.45, 2.75) is 12.5 Å². The second-order valence-corrected chi connectivity index (χ2v) is 4.21. The molecule has 0 aliphatic heterocycles. The van der Waals surface area contributed by atoms with Crippen LogP contribution in [0.15, 0.2) is 24.5 Å². The Balaban J connectivity index is 1.86. The first kappa shape index (κ1) is 13.3. The Labute approximate surface area is 110 Å². The molecule has 0 bridgehead atoms. The van der Waals surface area contributed by atoms with E-state index in [1.165, 1.54) is 19.5 Å². The first-order valence-corrected chi connectivity index (χ1v) is 5.94. The van der Waals surface area contributed by atoms with Crippen LogP contribution in [-0.4, -0.2) is 40.9 Å². The van der Waals surface area contributed by atoms with Gasteiger partial charge in [-0.05, 0) is 6.42 Å². The normalized spacial score (nSPS) is 21.2. The number of anilines is 1. The summed E-state index contributed by atoms with van der Waals surface area (Å²) in [6.07, 6.45) is 5.79. The number of aromatic nitrogens is 2. The van der Waals surface area contributed by atoms with Crippen molar-refractivity contribution in [3.8, 4) is 5.88 Å². The SMILES string of the molecule is COc1cc(NC(=O)N[C@@H]2C=C[C@H](CO)C2)ncn1. The van der Waals surface area contributed by atoms with Crippen LogP contribution in [0, 0.1) is 5.92 Å². The Hall–Kier alpha value is -2.15. The maximum atomic E-state index is 11.7. The van der Waals surface area contributed by atoms with E-state index in [4.69, 9.17) is 9.84 Å². The van der Waals surface area contributed by atoms with Gasteiger partial charge < -0.3 is 15.2 Å². The molecule has 0 unspecified atom stereocenters. The Bertz CT molecular complexity index is 478. The minimum Gasteiger partial charge on any atom is -0.481 e. The molecule has 1 aliphatic carbocycles. The van der Waals surface area contributed by atoms with E-state index in [1.54, 1.807) is 0 Å². The third-order valence-corrected chi connectivity index (χ3v) is 2.82. The number of aliphatic hydroxyl groups is 1. The van der Waals surface area contributed by atoms with Crippen molar-refractivity contribution in [2.24, 2.45) is 5.92 Å². The van der Waals surface area contributed by atoms with Crippen LogP contribution in [-0.2, 0) is 0 Å². The van der Waals surface area contributed by atoms with Crippen LogP contribution in [0.4, 0.5) is 10.6 Å². The van der Waals surface area contributed by atoms with Gasteiger partial charge in [-0.25, -0.2) is 14.8 Å². The van der Waals surface area contributed by atoms with E-state index >= 15 is 0 Å². The van der Waals surface area contributed by atoms with Gasteiger partial charge in [-0.3, -0.25) is 5.32 Å². The number of nitrogens with zero attached hydrogens (tertiary/aromatic N) is 2. The highest BCUT2D eigenvalue weighted by atomic mass is 16.5. The molecule has 1 aliphatic rings. The van der Waals surface area contributed by atoms with Crippen molar-refractivity contribution >= 4 is 11.8 Å². The Morgan fingerprint density at radius 2 is 2.37 bits per heavy atom. The van der Waals surface area contributed by atoms with E-state index in [0.717, 1.165) is 0 Å². The largest absolute Gasteiger partial charge is 0.481 e. The Kier molecular flexibility index (Phi) is 4.30. The van der Waals surface area contributed by atoms with E-state index in [0.29, 0.717) is 18.1 Å². The van der Waals surface area contributed by atoms with Gasteiger partial charge in [-0.15, -0.1) is 0 Å². The molecule has 1 aromatic rings. The standard InChI is InChI=1S/C12H16N4O3/c1-19-11-5-10(13-7-14-11)16-12(18)15-9-3-2-8(4-9)6-17/h2-3,5,7-9,17H,4,6H2,1H3,(H2,13,14,15,16,18)/t8-,9+/m0/s1. The smallest absolute Gasteiger partial charge is 0.320 e. The lowest BCUT2D eigenvalue weighted by atomic mass is 10.1. The molecule has 19 heavy (non-hydrogen) atoms. The van der Waals surface area contributed by atoms with E-state index in [9.17, 15) is 4.79 Å². The molecule has 2 amide bonds. The summed E-state index contributed by atoms with van der Waals surface area (Å²) in [5.74, 6) is 0.862. The van der Waals surface area contributed by atoms with E-state index in [-0.39, 0.29) is 24.6 Å². The summed E-state index contributed by atoms with van der Waals surface area (Å²) in [6.45, 7) is 0.0966. The van der Waals surface area contributed by atoms with Crippen LogP contribution in [0.3, 0.4) is 0 Å². The van der Waals surface area contributed by atoms with Crippen molar-refractivity contribution in [1.82, 2.24) is 15.3 Å². The molecule has 7 heteroatoms. The second-order valence-electron chi connectivity index (χ2n) is 4.21. The van der Waals surface area contributed by atoms with Gasteiger partial charge in [0.2, 0.25) is 5.88 Å². The van der Waals surface area contributed by atoms with Crippen molar-refractivity contribution in [1.29, 1.82) is 0 Å². The molecule has 1 heterocycles. The molecule has 102 valence electrons. The molecule has 2 rings (SSSR count). The predicted octanol–water partition coefficient (Wildman–Crippen LogP) is 0.544. The fraction of sp³-hybridized carbons (Fsp3) is 0.417. The molecule has 0 spiro atoms. The molecule has 0 saturated heterocycles. The molecule has 7 nitrogen and oxygen atoms in total. The number of carbonyl (C=O) groups is 1. The maximum absolute atomic E-state index is 11.7. The summed E-state index contributed by atoms with van der Waals surface area (Å²) in [4.78, 5) is 19.5. The molecular weight excluding hydrogens is 248 g/mol. The molecular formula is C12H16N4O3. The number of rotatable bonds is 4. The molecule has 0 saturated carbocycles. The molecule has 1 aromatic heterocycles. The first-order chi connectivity index (χ1) is 9.21. The maximum Gasteiger partial charge on any atom is 0.320 e. The second kappa shape index (κ2) is 6.14. The van der Waals surface area contributed by atoms with Gasteiger partial charge in [-0.1, -0.05) is 12.2 Å². The van der Waals surface area contributed by atoms with Crippen LogP contribution in [0.25, 0.3) is 0 Å². The zero-order valence-electron chi connectivity index (χ0n) is 10.5. The summed E-state index contributed by atoms with van der Waals surface area (Å²) < 4.78 is 4.94. The van der Waals surface area contributed by atoms with Crippen molar-refractivity contribution < 1.29 is 14.6 Å². The minimum atomic E-state index is -0.353. The highest BCUT2D eigenvalue weighted by Gasteiger charge is 2.19. The quantitative estimate of drug-likeness (QED) is 0.690. The summed E-state index contributed by atoms with van der Waals surface area (Å²) >= 11 is 0. The number of hydrogen-bond acceptors (Lipinski definition) is 5. The van der Waals surface area contributed by atoms with Crippen LogP contribution in [0.5, 0.6) is 5.88 Å². The highest BCUT2D eigenvalue weighted by molar-refractivity contribution is 5.88. The van der Waals surface area contributed by atoms with Gasteiger partial charge in [0.1, 0.15) is 12.1 Å². The Morgan fingerprint density at radius 1 is 1.53 bits per heavy atom. The lowest BCUT2D eigenvalue weighted by molar-refractivity contribution is 0.238. The summed E-state index contributed by atoms with van der Waals surface area (Å²) in [5, 5.41) is 14.4. The van der Waals surface area contributed by atoms with Crippen LogP contribution in [0.2, 0.25) is 0 Å². The number of carbonyl (C=O) groups excluding carboxylic acids is 1. The molecule has 2 atom stereocenters. The summed E-state index contributed by atoms with van der Waals surface area (Å²) in [6, 6.07) is 1.11. The first-order valence-electron chi connectivity index (χ1n) is 5.94. The van der Waals surface area contributed by atoms with E-state index in [1.807, 2.05) is 12.2 Å². The highest BCUT2D eigenvalue weighted by Crippen LogP contribution is 2.17.